The predicted octanol–water partition coefficient (Wildman–Crippen LogP) is 3.18. The van der Waals surface area contributed by atoms with Gasteiger partial charge in [0.2, 0.25) is 0 Å². The van der Waals surface area contributed by atoms with Crippen LogP contribution in [-0.2, 0) is 0 Å². The van der Waals surface area contributed by atoms with Crippen molar-refractivity contribution in [3.05, 3.63) is 47.0 Å². The van der Waals surface area contributed by atoms with E-state index >= 15 is 0 Å². The highest BCUT2D eigenvalue weighted by atomic mass is 35.5. The van der Waals surface area contributed by atoms with E-state index in [1.807, 2.05) is 38.2 Å². The molecule has 0 fully saturated rings. The molecule has 0 spiro atoms. The molecular weight excluding hydrogens is 182 g/mol. The largest absolute Gasteiger partial charge is 0.310 e. The molecule has 0 aliphatic carbocycles. The van der Waals surface area contributed by atoms with Crippen LogP contribution < -0.4 is 5.32 Å². The summed E-state index contributed by atoms with van der Waals surface area (Å²) in [6.07, 6.45) is 0. The molecule has 0 aromatic heterocycles. The Bertz CT molecular complexity index is 307. The van der Waals surface area contributed by atoms with E-state index in [0.717, 1.165) is 16.2 Å². The number of hydrogen-bond acceptors (Lipinski definition) is 1. The Kier molecular flexibility index (Phi) is 3.52. The fourth-order valence-corrected chi connectivity index (χ4v) is 1.62. The fraction of sp³-hybridized carbons (Fsp3) is 0.273. The van der Waals surface area contributed by atoms with E-state index in [4.69, 9.17) is 11.6 Å². The third-order valence-electron chi connectivity index (χ3n) is 2.00. The predicted molar refractivity (Wildman–Crippen MR) is 58.1 cm³/mol. The number of rotatable bonds is 3. The van der Waals surface area contributed by atoms with E-state index in [1.54, 1.807) is 0 Å². The molecule has 1 aromatic carbocycles. The van der Waals surface area contributed by atoms with Crippen LogP contribution in [0.1, 0.15) is 18.5 Å². The Morgan fingerprint density at radius 1 is 1.46 bits per heavy atom. The van der Waals surface area contributed by atoms with Crippen molar-refractivity contribution in [2.75, 3.05) is 7.05 Å². The topological polar surface area (TPSA) is 12.0 Å². The molecule has 0 saturated carbocycles. The first kappa shape index (κ1) is 10.3. The lowest BCUT2D eigenvalue weighted by molar-refractivity contribution is 0.680. The molecule has 0 heterocycles. The summed E-state index contributed by atoms with van der Waals surface area (Å²) in [4.78, 5) is 0. The molecule has 1 N–H and O–H groups in total. The molecular formula is C11H14ClN. The highest BCUT2D eigenvalue weighted by Crippen LogP contribution is 2.26. The van der Waals surface area contributed by atoms with Crippen molar-refractivity contribution in [1.82, 2.24) is 5.32 Å². The molecule has 0 amide bonds. The lowest BCUT2D eigenvalue weighted by Crippen LogP contribution is -2.17. The van der Waals surface area contributed by atoms with Crippen LogP contribution in [0.5, 0.6) is 0 Å². The molecule has 0 aliphatic heterocycles. The average Bonchev–Trinajstić information content (AvgIpc) is 2.09. The summed E-state index contributed by atoms with van der Waals surface area (Å²) in [5.74, 6) is 0. The highest BCUT2D eigenvalue weighted by Gasteiger charge is 2.11. The lowest BCUT2D eigenvalue weighted by Gasteiger charge is -2.17. The molecule has 1 unspecified atom stereocenters. The van der Waals surface area contributed by atoms with Crippen molar-refractivity contribution < 1.29 is 0 Å². The molecule has 2 heteroatoms. The molecule has 1 rings (SSSR count). The summed E-state index contributed by atoms with van der Waals surface area (Å²) in [5, 5.41) is 3.96. The van der Waals surface area contributed by atoms with E-state index < -0.39 is 0 Å². The van der Waals surface area contributed by atoms with Crippen molar-refractivity contribution in [3.63, 3.8) is 0 Å². The maximum Gasteiger partial charge on any atom is 0.0543 e. The van der Waals surface area contributed by atoms with Gasteiger partial charge in [0.05, 0.1) is 6.04 Å². The first-order valence-corrected chi connectivity index (χ1v) is 4.61. The molecule has 1 atom stereocenters. The highest BCUT2D eigenvalue weighted by molar-refractivity contribution is 6.31. The van der Waals surface area contributed by atoms with Gasteiger partial charge in [0.25, 0.3) is 0 Å². The summed E-state index contributed by atoms with van der Waals surface area (Å²) >= 11 is 6.06. The summed E-state index contributed by atoms with van der Waals surface area (Å²) in [5.41, 5.74) is 2.15. The Hall–Kier alpha value is -0.790. The maximum atomic E-state index is 6.06. The first-order chi connectivity index (χ1) is 6.16. The van der Waals surface area contributed by atoms with E-state index in [9.17, 15) is 0 Å². The van der Waals surface area contributed by atoms with E-state index in [-0.39, 0.29) is 6.04 Å². The molecule has 0 aliphatic rings. The summed E-state index contributed by atoms with van der Waals surface area (Å²) in [6.45, 7) is 5.91. The van der Waals surface area contributed by atoms with Gasteiger partial charge in [-0.2, -0.15) is 0 Å². The molecule has 1 nitrogen and oxygen atoms in total. The molecule has 13 heavy (non-hydrogen) atoms. The monoisotopic (exact) mass is 195 g/mol. The van der Waals surface area contributed by atoms with Crippen LogP contribution in [0.15, 0.2) is 36.4 Å². The SMILES string of the molecule is C=C(C)C(NC)c1ccccc1Cl. The quantitative estimate of drug-likeness (QED) is 0.731. The van der Waals surface area contributed by atoms with E-state index in [0.29, 0.717) is 0 Å². The molecule has 1 aromatic rings. The van der Waals surface area contributed by atoms with Gasteiger partial charge in [-0.3, -0.25) is 0 Å². The van der Waals surface area contributed by atoms with Crippen LogP contribution in [0.3, 0.4) is 0 Å². The Balaban J connectivity index is 3.04. The third kappa shape index (κ3) is 2.33. The van der Waals surface area contributed by atoms with Crippen molar-refractivity contribution in [1.29, 1.82) is 0 Å². The van der Waals surface area contributed by atoms with Gasteiger partial charge in [-0.25, -0.2) is 0 Å². The number of hydrogen-bond donors (Lipinski definition) is 1. The number of halogens is 1. The van der Waals surface area contributed by atoms with Crippen LogP contribution in [0.2, 0.25) is 5.02 Å². The van der Waals surface area contributed by atoms with E-state index in [2.05, 4.69) is 11.9 Å². The maximum absolute atomic E-state index is 6.06. The van der Waals surface area contributed by atoms with Crippen LogP contribution in [0.25, 0.3) is 0 Å². The van der Waals surface area contributed by atoms with Crippen LogP contribution >= 0.6 is 11.6 Å². The average molecular weight is 196 g/mol. The van der Waals surface area contributed by atoms with Gasteiger partial charge in [-0.05, 0) is 25.6 Å². The van der Waals surface area contributed by atoms with Crippen molar-refractivity contribution in [3.8, 4) is 0 Å². The minimum atomic E-state index is 0.147. The lowest BCUT2D eigenvalue weighted by atomic mass is 10.0. The van der Waals surface area contributed by atoms with Crippen LogP contribution in [0.4, 0.5) is 0 Å². The van der Waals surface area contributed by atoms with Crippen molar-refractivity contribution >= 4 is 11.6 Å². The van der Waals surface area contributed by atoms with Gasteiger partial charge >= 0.3 is 0 Å². The minimum Gasteiger partial charge on any atom is -0.310 e. The van der Waals surface area contributed by atoms with Gasteiger partial charge in [-0.1, -0.05) is 42.0 Å². The number of likely N-dealkylation sites (N-methyl/N-ethyl adjacent to an activating group) is 1. The smallest absolute Gasteiger partial charge is 0.0543 e. The first-order valence-electron chi connectivity index (χ1n) is 4.24. The zero-order valence-corrected chi connectivity index (χ0v) is 8.73. The van der Waals surface area contributed by atoms with Gasteiger partial charge < -0.3 is 5.32 Å². The number of benzene rings is 1. The van der Waals surface area contributed by atoms with Crippen LogP contribution in [0, 0.1) is 0 Å². The Morgan fingerprint density at radius 2 is 2.08 bits per heavy atom. The van der Waals surface area contributed by atoms with Crippen LogP contribution in [-0.4, -0.2) is 7.05 Å². The molecule has 70 valence electrons. The van der Waals surface area contributed by atoms with Gasteiger partial charge in [-0.15, -0.1) is 0 Å². The molecule has 0 bridgehead atoms. The van der Waals surface area contributed by atoms with E-state index in [1.165, 1.54) is 0 Å². The minimum absolute atomic E-state index is 0.147. The summed E-state index contributed by atoms with van der Waals surface area (Å²) in [7, 11) is 1.91. The fourth-order valence-electron chi connectivity index (χ4n) is 1.38. The zero-order chi connectivity index (χ0) is 9.84. The Morgan fingerprint density at radius 3 is 2.54 bits per heavy atom. The molecule has 0 radical (unpaired) electrons. The second-order valence-electron chi connectivity index (χ2n) is 3.09. The Labute approximate surface area is 84.4 Å². The van der Waals surface area contributed by atoms with Crippen molar-refractivity contribution in [2.24, 2.45) is 0 Å². The van der Waals surface area contributed by atoms with Gasteiger partial charge in [0, 0.05) is 5.02 Å². The normalized spacial score (nSPS) is 12.5. The van der Waals surface area contributed by atoms with Gasteiger partial charge in [0.1, 0.15) is 0 Å². The second kappa shape index (κ2) is 4.45. The van der Waals surface area contributed by atoms with Crippen molar-refractivity contribution in [2.45, 2.75) is 13.0 Å². The summed E-state index contributed by atoms with van der Waals surface area (Å²) < 4.78 is 0. The number of nitrogens with one attached hydrogen (secondary N) is 1. The second-order valence-corrected chi connectivity index (χ2v) is 3.50. The molecule has 0 saturated heterocycles. The zero-order valence-electron chi connectivity index (χ0n) is 7.97. The van der Waals surface area contributed by atoms with Gasteiger partial charge in [0.15, 0.2) is 0 Å². The summed E-state index contributed by atoms with van der Waals surface area (Å²) in [6, 6.07) is 7.96. The third-order valence-corrected chi connectivity index (χ3v) is 2.34. The standard InChI is InChI=1S/C11H14ClN/c1-8(2)11(13-3)9-6-4-5-7-10(9)12/h4-7,11,13H,1H2,2-3H3.